The van der Waals surface area contributed by atoms with Crippen LogP contribution in [0.25, 0.3) is 0 Å². The van der Waals surface area contributed by atoms with Gasteiger partial charge in [0.2, 0.25) is 5.13 Å². The van der Waals surface area contributed by atoms with Crippen LogP contribution in [0.5, 0.6) is 0 Å². The summed E-state index contributed by atoms with van der Waals surface area (Å²) in [6.45, 7) is 7.04. The number of halogens is 1. The van der Waals surface area contributed by atoms with Crippen molar-refractivity contribution in [1.29, 1.82) is 0 Å². The summed E-state index contributed by atoms with van der Waals surface area (Å²) in [5, 5.41) is 8.92. The first-order chi connectivity index (χ1) is 12.7. The number of aryl methyl sites for hydroxylation is 1. The Hall–Kier alpha value is -1.71. The lowest BCUT2D eigenvalue weighted by Gasteiger charge is -2.23. The highest BCUT2D eigenvalue weighted by Gasteiger charge is 2.24. The number of nitrogens with one attached hydrogen (secondary N) is 1. The second-order valence-corrected chi connectivity index (χ2v) is 7.67. The zero-order valence-corrected chi connectivity index (χ0v) is 17.1. The maximum atomic E-state index is 12.9. The molecule has 2 aromatic rings. The van der Waals surface area contributed by atoms with Crippen LogP contribution >= 0.6 is 23.9 Å². The first-order valence-electron chi connectivity index (χ1n) is 9.31. The van der Waals surface area contributed by atoms with Gasteiger partial charge >= 0.3 is 0 Å². The van der Waals surface area contributed by atoms with E-state index in [1.54, 1.807) is 0 Å². The van der Waals surface area contributed by atoms with Gasteiger partial charge in [-0.1, -0.05) is 0 Å². The van der Waals surface area contributed by atoms with Gasteiger partial charge in [-0.3, -0.25) is 9.48 Å². The van der Waals surface area contributed by atoms with Gasteiger partial charge in [-0.25, -0.2) is 4.98 Å². The van der Waals surface area contributed by atoms with Crippen LogP contribution in [0.4, 0.5) is 5.13 Å². The van der Waals surface area contributed by atoms with Crippen molar-refractivity contribution in [2.24, 2.45) is 0 Å². The molecule has 1 N–H and O–H groups in total. The Morgan fingerprint density at radius 1 is 1.26 bits per heavy atom. The maximum Gasteiger partial charge on any atom is 0.274 e. The van der Waals surface area contributed by atoms with Crippen LogP contribution in [-0.2, 0) is 0 Å². The van der Waals surface area contributed by atoms with Crippen molar-refractivity contribution in [2.45, 2.75) is 32.2 Å². The number of hydrogen-bond acceptors (Lipinski definition) is 7. The lowest BCUT2D eigenvalue weighted by Crippen LogP contribution is -2.36. The van der Waals surface area contributed by atoms with Gasteiger partial charge in [-0.2, -0.15) is 9.47 Å². The summed E-state index contributed by atoms with van der Waals surface area (Å²) in [4.78, 5) is 21.5. The molecule has 0 bridgehead atoms. The van der Waals surface area contributed by atoms with E-state index in [9.17, 15) is 4.79 Å². The van der Waals surface area contributed by atoms with Crippen LogP contribution in [-0.4, -0.2) is 69.2 Å². The van der Waals surface area contributed by atoms with Gasteiger partial charge in [-0.15, -0.1) is 12.4 Å². The van der Waals surface area contributed by atoms with Crippen molar-refractivity contribution in [3.05, 3.63) is 23.8 Å². The van der Waals surface area contributed by atoms with Crippen LogP contribution < -0.4 is 10.2 Å². The summed E-state index contributed by atoms with van der Waals surface area (Å²) in [7, 11) is 0. The Bertz CT molecular complexity index is 758. The Balaban J connectivity index is 0.00000210. The third-order valence-corrected chi connectivity index (χ3v) is 5.91. The summed E-state index contributed by atoms with van der Waals surface area (Å²) in [6, 6.07) is 2.21. The average molecular weight is 412 g/mol. The maximum absolute atomic E-state index is 12.9. The molecule has 4 rings (SSSR count). The predicted octanol–water partition coefficient (Wildman–Crippen LogP) is 1.74. The van der Waals surface area contributed by atoms with Crippen molar-refractivity contribution in [3.63, 3.8) is 0 Å². The van der Waals surface area contributed by atoms with Gasteiger partial charge in [-0.05, 0) is 38.8 Å². The minimum atomic E-state index is 0. The highest BCUT2D eigenvalue weighted by atomic mass is 35.5. The second-order valence-electron chi connectivity index (χ2n) is 6.94. The average Bonchev–Trinajstić information content (AvgIpc) is 3.26. The number of rotatable bonds is 3. The van der Waals surface area contributed by atoms with Crippen LogP contribution in [0.2, 0.25) is 0 Å². The summed E-state index contributed by atoms with van der Waals surface area (Å²) >= 11 is 1.43. The summed E-state index contributed by atoms with van der Waals surface area (Å²) in [6.07, 6.45) is 5.14. The molecule has 27 heavy (non-hydrogen) atoms. The Morgan fingerprint density at radius 2 is 2.15 bits per heavy atom. The number of aromatic nitrogens is 4. The van der Waals surface area contributed by atoms with Gasteiger partial charge < -0.3 is 15.1 Å². The number of anilines is 1. The van der Waals surface area contributed by atoms with Crippen molar-refractivity contribution < 1.29 is 4.79 Å². The molecular formula is C17H26ClN7OS. The molecule has 2 saturated heterocycles. The molecular weight excluding hydrogens is 386 g/mol. The standard InChI is InChI=1S/C17H25N7OS.ClH/c1-13-19-17(26-21-13)23-8-3-7-22(10-11-23)16(25)15-5-9-24(20-15)14-4-2-6-18-12-14;/h5,9,14,18H,2-4,6-8,10-12H2,1H3;1H. The van der Waals surface area contributed by atoms with Crippen LogP contribution in [0, 0.1) is 6.92 Å². The van der Waals surface area contributed by atoms with Gasteiger partial charge in [0.1, 0.15) is 11.5 Å². The van der Waals surface area contributed by atoms with E-state index < -0.39 is 0 Å². The Labute approximate surface area is 169 Å². The molecule has 0 radical (unpaired) electrons. The largest absolute Gasteiger partial charge is 0.345 e. The predicted molar refractivity (Wildman–Crippen MR) is 108 cm³/mol. The van der Waals surface area contributed by atoms with E-state index >= 15 is 0 Å². The lowest BCUT2D eigenvalue weighted by atomic mass is 10.1. The second kappa shape index (κ2) is 8.99. The SMILES string of the molecule is Cc1nsc(N2CCCN(C(=O)c3ccn(C4CCCNC4)n3)CC2)n1.Cl. The summed E-state index contributed by atoms with van der Waals surface area (Å²) in [5.74, 6) is 0.840. The van der Waals surface area contributed by atoms with E-state index in [0.717, 1.165) is 62.9 Å². The Morgan fingerprint density at radius 3 is 2.89 bits per heavy atom. The molecule has 1 unspecified atom stereocenters. The fraction of sp³-hybridized carbons (Fsp3) is 0.647. The monoisotopic (exact) mass is 411 g/mol. The molecule has 8 nitrogen and oxygen atoms in total. The van der Waals surface area contributed by atoms with Crippen LogP contribution in [0.15, 0.2) is 12.3 Å². The molecule has 10 heteroatoms. The first kappa shape index (κ1) is 20.0. The minimum absolute atomic E-state index is 0. The molecule has 148 valence electrons. The highest BCUT2D eigenvalue weighted by molar-refractivity contribution is 7.09. The van der Waals surface area contributed by atoms with Crippen LogP contribution in [0.3, 0.4) is 0 Å². The molecule has 4 heterocycles. The van der Waals surface area contributed by atoms with E-state index in [2.05, 4.69) is 24.7 Å². The Kier molecular flexibility index (Phi) is 6.67. The molecule has 1 amide bonds. The molecule has 0 aliphatic carbocycles. The fourth-order valence-corrected chi connectivity index (χ4v) is 4.33. The number of carbonyl (C=O) groups is 1. The zero-order valence-electron chi connectivity index (χ0n) is 15.5. The molecule has 2 aliphatic rings. The fourth-order valence-electron chi connectivity index (χ4n) is 3.60. The molecule has 2 aromatic heterocycles. The summed E-state index contributed by atoms with van der Waals surface area (Å²) < 4.78 is 6.21. The molecule has 1 atom stereocenters. The number of amides is 1. The number of hydrogen-bond donors (Lipinski definition) is 1. The topological polar surface area (TPSA) is 79.2 Å². The molecule has 2 aliphatic heterocycles. The van der Waals surface area contributed by atoms with Crippen molar-refractivity contribution in [3.8, 4) is 0 Å². The third-order valence-electron chi connectivity index (χ3n) is 5.04. The quantitative estimate of drug-likeness (QED) is 0.828. The van der Waals surface area contributed by atoms with Crippen molar-refractivity contribution in [1.82, 2.24) is 29.4 Å². The van der Waals surface area contributed by atoms with Gasteiger partial charge in [0, 0.05) is 50.5 Å². The highest BCUT2D eigenvalue weighted by Crippen LogP contribution is 2.20. The normalized spacial score (nSPS) is 20.9. The van der Waals surface area contributed by atoms with E-state index in [-0.39, 0.29) is 18.3 Å². The molecule has 2 fully saturated rings. The smallest absolute Gasteiger partial charge is 0.274 e. The number of carbonyl (C=O) groups excluding carboxylic acids is 1. The molecule has 0 aromatic carbocycles. The summed E-state index contributed by atoms with van der Waals surface area (Å²) in [5.41, 5.74) is 0.552. The lowest BCUT2D eigenvalue weighted by molar-refractivity contribution is 0.0759. The van der Waals surface area contributed by atoms with Crippen LogP contribution in [0.1, 0.15) is 41.6 Å². The third kappa shape index (κ3) is 4.59. The van der Waals surface area contributed by atoms with Crippen molar-refractivity contribution in [2.75, 3.05) is 44.2 Å². The van der Waals surface area contributed by atoms with E-state index in [4.69, 9.17) is 0 Å². The van der Waals surface area contributed by atoms with Gasteiger partial charge in [0.05, 0.1) is 6.04 Å². The van der Waals surface area contributed by atoms with E-state index in [1.807, 2.05) is 28.8 Å². The van der Waals surface area contributed by atoms with Crippen molar-refractivity contribution >= 4 is 35.0 Å². The molecule has 0 spiro atoms. The zero-order chi connectivity index (χ0) is 17.9. The molecule has 0 saturated carbocycles. The number of piperidine rings is 1. The number of nitrogens with zero attached hydrogens (tertiary/aromatic N) is 6. The van der Waals surface area contributed by atoms with E-state index in [0.29, 0.717) is 18.3 Å². The van der Waals surface area contributed by atoms with Gasteiger partial charge in [0.25, 0.3) is 5.91 Å². The van der Waals surface area contributed by atoms with E-state index in [1.165, 1.54) is 11.5 Å². The first-order valence-corrected chi connectivity index (χ1v) is 10.1. The minimum Gasteiger partial charge on any atom is -0.345 e. The van der Waals surface area contributed by atoms with Gasteiger partial charge in [0.15, 0.2) is 0 Å².